The predicted molar refractivity (Wildman–Crippen MR) is 70.1 cm³/mol. The second kappa shape index (κ2) is 4.04. The number of hydrogen-bond donors (Lipinski definition) is 2. The van der Waals surface area contributed by atoms with Crippen molar-refractivity contribution < 1.29 is 18.3 Å². The molecule has 0 saturated heterocycles. The van der Waals surface area contributed by atoms with Crippen LogP contribution in [0.4, 0.5) is 0 Å². The number of nitrogens with two attached hydrogens (primary N) is 1. The lowest BCUT2D eigenvalue weighted by Crippen LogP contribution is -2.39. The van der Waals surface area contributed by atoms with E-state index in [9.17, 15) is 13.2 Å². The number of sulfone groups is 1. The van der Waals surface area contributed by atoms with Crippen LogP contribution in [0.15, 0.2) is 28.7 Å². The van der Waals surface area contributed by atoms with Crippen molar-refractivity contribution in [2.75, 3.05) is 6.26 Å². The van der Waals surface area contributed by atoms with E-state index in [1.54, 1.807) is 24.3 Å². The Balaban J connectivity index is 2.45. The van der Waals surface area contributed by atoms with Crippen molar-refractivity contribution in [1.29, 1.82) is 0 Å². The minimum absolute atomic E-state index is 0.624. The number of benzene rings is 1. The van der Waals surface area contributed by atoms with Crippen molar-refractivity contribution >= 4 is 31.7 Å². The highest BCUT2D eigenvalue weighted by Gasteiger charge is 2.73. The van der Waals surface area contributed by atoms with Gasteiger partial charge < -0.3 is 10.8 Å². The van der Waals surface area contributed by atoms with Gasteiger partial charge in [-0.15, -0.1) is 0 Å². The molecule has 3 unspecified atom stereocenters. The number of carboxylic acids is 1. The van der Waals surface area contributed by atoms with Crippen LogP contribution in [-0.2, 0) is 14.6 Å². The van der Waals surface area contributed by atoms with Crippen LogP contribution >= 0.6 is 15.9 Å². The summed E-state index contributed by atoms with van der Waals surface area (Å²) < 4.78 is 24.1. The minimum Gasteiger partial charge on any atom is -0.480 e. The second-order valence-electron chi connectivity index (χ2n) is 4.52. The second-order valence-corrected chi connectivity index (χ2v) is 7.60. The third-order valence-corrected chi connectivity index (χ3v) is 5.35. The summed E-state index contributed by atoms with van der Waals surface area (Å²) in [4.78, 5) is 11.2. The van der Waals surface area contributed by atoms with Gasteiger partial charge in [0.05, 0.1) is 5.25 Å². The summed E-state index contributed by atoms with van der Waals surface area (Å²) >= 11 is 3.26. The molecule has 0 radical (unpaired) electrons. The Kier molecular flexibility index (Phi) is 3.03. The first-order chi connectivity index (χ1) is 8.19. The van der Waals surface area contributed by atoms with E-state index in [4.69, 9.17) is 10.8 Å². The first kappa shape index (κ1) is 13.5. The van der Waals surface area contributed by atoms with Crippen molar-refractivity contribution in [2.45, 2.75) is 16.7 Å². The third-order valence-electron chi connectivity index (χ3n) is 3.24. The number of hydrogen-bond acceptors (Lipinski definition) is 4. The molecule has 1 aliphatic carbocycles. The van der Waals surface area contributed by atoms with Gasteiger partial charge in [-0.05, 0) is 17.7 Å². The van der Waals surface area contributed by atoms with Crippen molar-refractivity contribution in [3.63, 3.8) is 0 Å². The smallest absolute Gasteiger partial charge is 0.325 e. The Morgan fingerprint density at radius 1 is 1.39 bits per heavy atom. The number of carbonyl (C=O) groups is 1. The van der Waals surface area contributed by atoms with Gasteiger partial charge in [0.2, 0.25) is 0 Å². The SMILES string of the molecule is CS(=O)(=O)C1C(c2ccc(Br)cc2)C1(N)C(=O)O. The molecule has 0 amide bonds. The summed E-state index contributed by atoms with van der Waals surface area (Å²) in [6, 6.07) is 6.83. The number of aliphatic carboxylic acids is 1. The molecule has 98 valence electrons. The zero-order valence-electron chi connectivity index (χ0n) is 9.50. The lowest BCUT2D eigenvalue weighted by molar-refractivity contribution is -0.139. The first-order valence-electron chi connectivity index (χ1n) is 5.15. The summed E-state index contributed by atoms with van der Waals surface area (Å²) in [6.07, 6.45) is 1.01. The summed E-state index contributed by atoms with van der Waals surface area (Å²) in [6.45, 7) is 0. The van der Waals surface area contributed by atoms with Crippen LogP contribution < -0.4 is 5.73 Å². The van der Waals surface area contributed by atoms with E-state index in [0.717, 1.165) is 10.7 Å². The quantitative estimate of drug-likeness (QED) is 0.850. The Morgan fingerprint density at radius 3 is 2.22 bits per heavy atom. The first-order valence-corrected chi connectivity index (χ1v) is 7.90. The maximum absolute atomic E-state index is 11.6. The maximum Gasteiger partial charge on any atom is 0.325 e. The predicted octanol–water partition coefficient (Wildman–Crippen LogP) is 0.742. The summed E-state index contributed by atoms with van der Waals surface area (Å²) in [5, 5.41) is 8.07. The average Bonchev–Trinajstić information content (AvgIpc) is 2.87. The molecule has 3 atom stereocenters. The van der Waals surface area contributed by atoms with Gasteiger partial charge in [0.15, 0.2) is 9.84 Å². The zero-order valence-corrected chi connectivity index (χ0v) is 11.9. The normalized spacial score (nSPS) is 31.1. The van der Waals surface area contributed by atoms with Crippen LogP contribution in [0.25, 0.3) is 0 Å². The van der Waals surface area contributed by atoms with E-state index < -0.39 is 32.5 Å². The highest BCUT2D eigenvalue weighted by atomic mass is 79.9. The van der Waals surface area contributed by atoms with Gasteiger partial charge in [0.25, 0.3) is 0 Å². The molecule has 0 spiro atoms. The molecule has 5 nitrogen and oxygen atoms in total. The fraction of sp³-hybridized carbons (Fsp3) is 0.364. The van der Waals surface area contributed by atoms with Crippen molar-refractivity contribution in [3.8, 4) is 0 Å². The van der Waals surface area contributed by atoms with E-state index in [1.807, 2.05) is 0 Å². The molecule has 7 heteroatoms. The fourth-order valence-corrected chi connectivity index (χ4v) is 4.37. The maximum atomic E-state index is 11.6. The van der Waals surface area contributed by atoms with Crippen molar-refractivity contribution in [2.24, 2.45) is 5.73 Å². The zero-order chi connectivity index (χ0) is 13.7. The van der Waals surface area contributed by atoms with E-state index in [2.05, 4.69) is 15.9 Å². The minimum atomic E-state index is -3.51. The summed E-state index contributed by atoms with van der Waals surface area (Å²) in [7, 11) is -3.51. The summed E-state index contributed by atoms with van der Waals surface area (Å²) in [5.74, 6) is -1.98. The van der Waals surface area contributed by atoms with E-state index in [0.29, 0.717) is 5.56 Å². The van der Waals surface area contributed by atoms with Crippen LogP contribution in [0, 0.1) is 0 Å². The van der Waals surface area contributed by atoms with Gasteiger partial charge in [-0.3, -0.25) is 4.79 Å². The number of halogens is 1. The molecule has 1 saturated carbocycles. The van der Waals surface area contributed by atoms with Crippen LogP contribution in [0.3, 0.4) is 0 Å². The van der Waals surface area contributed by atoms with Gasteiger partial charge in [-0.25, -0.2) is 8.42 Å². The molecule has 1 aromatic carbocycles. The Bertz CT molecular complexity index is 598. The summed E-state index contributed by atoms with van der Waals surface area (Å²) in [5.41, 5.74) is 4.65. The topological polar surface area (TPSA) is 97.5 Å². The van der Waals surface area contributed by atoms with Gasteiger partial charge in [0.1, 0.15) is 5.54 Å². The Morgan fingerprint density at radius 2 is 1.89 bits per heavy atom. The largest absolute Gasteiger partial charge is 0.480 e. The lowest BCUT2D eigenvalue weighted by atomic mass is 10.1. The van der Waals surface area contributed by atoms with Gasteiger partial charge in [-0.2, -0.15) is 0 Å². The van der Waals surface area contributed by atoms with E-state index in [-0.39, 0.29) is 0 Å². The highest BCUT2D eigenvalue weighted by Crippen LogP contribution is 2.54. The van der Waals surface area contributed by atoms with Gasteiger partial charge >= 0.3 is 5.97 Å². The molecule has 1 aromatic rings. The third kappa shape index (κ3) is 1.96. The number of carboxylic acid groups (broad SMARTS) is 1. The van der Waals surface area contributed by atoms with E-state index >= 15 is 0 Å². The van der Waals surface area contributed by atoms with E-state index in [1.165, 1.54) is 0 Å². The van der Waals surface area contributed by atoms with Crippen molar-refractivity contribution in [1.82, 2.24) is 0 Å². The molecule has 0 aromatic heterocycles. The van der Waals surface area contributed by atoms with Crippen LogP contribution in [0.1, 0.15) is 11.5 Å². The molecule has 2 rings (SSSR count). The molecule has 0 aliphatic heterocycles. The number of rotatable bonds is 3. The molecule has 18 heavy (non-hydrogen) atoms. The molecule has 1 fully saturated rings. The van der Waals surface area contributed by atoms with Gasteiger partial charge in [0, 0.05) is 16.6 Å². The Hall–Kier alpha value is -0.920. The highest BCUT2D eigenvalue weighted by molar-refractivity contribution is 9.10. The molecular formula is C11H12BrNO4S. The van der Waals surface area contributed by atoms with Crippen LogP contribution in [-0.4, -0.2) is 36.5 Å². The monoisotopic (exact) mass is 333 g/mol. The molecule has 1 aliphatic rings. The van der Waals surface area contributed by atoms with Crippen LogP contribution in [0.5, 0.6) is 0 Å². The molecule has 0 bridgehead atoms. The molecule has 3 N–H and O–H groups in total. The standard InChI is InChI=1S/C11H12BrNO4S/c1-18(16,17)9-8(11(9,13)10(14)15)6-2-4-7(12)5-3-6/h2-5,8-9H,13H2,1H3,(H,14,15). The van der Waals surface area contributed by atoms with Gasteiger partial charge in [-0.1, -0.05) is 28.1 Å². The lowest BCUT2D eigenvalue weighted by Gasteiger charge is -2.04. The van der Waals surface area contributed by atoms with Crippen LogP contribution in [0.2, 0.25) is 0 Å². The molecular weight excluding hydrogens is 322 g/mol. The fourth-order valence-electron chi connectivity index (χ4n) is 2.35. The average molecular weight is 334 g/mol. The molecule has 0 heterocycles. The Labute approximate surface area is 113 Å². The van der Waals surface area contributed by atoms with Crippen molar-refractivity contribution in [3.05, 3.63) is 34.3 Å².